The molecular weight excluding hydrogens is 268 g/mol. The Morgan fingerprint density at radius 1 is 1.33 bits per heavy atom. The zero-order valence-corrected chi connectivity index (χ0v) is 12.8. The third-order valence-corrected chi connectivity index (χ3v) is 2.96. The van der Waals surface area contributed by atoms with E-state index in [1.165, 1.54) is 0 Å². The quantitative estimate of drug-likeness (QED) is 0.682. The number of benzene rings is 1. The minimum Gasteiger partial charge on any atom is -0.465 e. The number of amides is 1. The molecule has 112 valence electrons. The van der Waals surface area contributed by atoms with E-state index in [9.17, 15) is 9.59 Å². The van der Waals surface area contributed by atoms with Gasteiger partial charge in [-0.15, -0.1) is 0 Å². The number of carbonyl (C=O) groups is 2. The Labute approximate surface area is 124 Å². The molecule has 1 atom stereocenters. The number of anilines is 1. The van der Waals surface area contributed by atoms with E-state index in [0.29, 0.717) is 11.3 Å². The lowest BCUT2D eigenvalue weighted by Crippen LogP contribution is -2.40. The topological polar surface area (TPSA) is 79.2 Å². The third-order valence-electron chi connectivity index (χ3n) is 2.96. The summed E-state index contributed by atoms with van der Waals surface area (Å²) < 4.78 is 4.98. The number of rotatable bonds is 4. The van der Waals surface area contributed by atoms with E-state index in [1.54, 1.807) is 52.0 Å². The fraction of sp³-hybridized carbons (Fsp3) is 0.438. The second-order valence-electron chi connectivity index (χ2n) is 5.70. The zero-order chi connectivity index (χ0) is 16.0. The Kier molecular flexibility index (Phi) is 5.48. The van der Waals surface area contributed by atoms with E-state index >= 15 is 0 Å². The minimum atomic E-state index is -0.941. The molecule has 1 unspecified atom stereocenters. The molecule has 0 bridgehead atoms. The summed E-state index contributed by atoms with van der Waals surface area (Å²) in [5.41, 5.74) is 0.156. The number of ether oxygens (including phenoxy) is 1. The van der Waals surface area contributed by atoms with Gasteiger partial charge >= 0.3 is 5.97 Å². The van der Waals surface area contributed by atoms with Crippen molar-refractivity contribution >= 4 is 17.6 Å². The first-order valence-electron chi connectivity index (χ1n) is 6.78. The maximum absolute atomic E-state index is 12.4. The van der Waals surface area contributed by atoms with Gasteiger partial charge in [-0.25, -0.2) is 0 Å². The standard InChI is InChI=1S/C16H20N2O3/c1-5-21-15(20)13(16(2,3)4)14(19)18-12-9-7-6-8-11(12)10-17/h6-9,13H,5H2,1-4H3,(H,18,19). The van der Waals surface area contributed by atoms with Gasteiger partial charge < -0.3 is 10.1 Å². The molecule has 1 amide bonds. The van der Waals surface area contributed by atoms with Crippen molar-refractivity contribution in [1.29, 1.82) is 5.26 Å². The van der Waals surface area contributed by atoms with Crippen molar-refractivity contribution in [3.05, 3.63) is 29.8 Å². The Hall–Kier alpha value is -2.35. The van der Waals surface area contributed by atoms with Crippen LogP contribution >= 0.6 is 0 Å². The Morgan fingerprint density at radius 2 is 1.95 bits per heavy atom. The van der Waals surface area contributed by atoms with Crippen LogP contribution in [0.1, 0.15) is 33.3 Å². The number of para-hydroxylation sites is 1. The van der Waals surface area contributed by atoms with E-state index in [1.807, 2.05) is 6.07 Å². The van der Waals surface area contributed by atoms with Crippen LogP contribution in [-0.4, -0.2) is 18.5 Å². The zero-order valence-electron chi connectivity index (χ0n) is 12.8. The van der Waals surface area contributed by atoms with Crippen LogP contribution in [0.4, 0.5) is 5.69 Å². The van der Waals surface area contributed by atoms with E-state index < -0.39 is 23.2 Å². The molecule has 1 aromatic rings. The molecule has 0 fully saturated rings. The van der Waals surface area contributed by atoms with Crippen LogP contribution in [0.3, 0.4) is 0 Å². The summed E-state index contributed by atoms with van der Waals surface area (Å²) in [5.74, 6) is -1.97. The maximum atomic E-state index is 12.4. The smallest absolute Gasteiger partial charge is 0.319 e. The first-order chi connectivity index (χ1) is 9.81. The van der Waals surface area contributed by atoms with Crippen molar-refractivity contribution in [2.45, 2.75) is 27.7 Å². The molecule has 0 saturated carbocycles. The van der Waals surface area contributed by atoms with Crippen LogP contribution in [0.15, 0.2) is 24.3 Å². The molecule has 5 nitrogen and oxygen atoms in total. The number of carbonyl (C=O) groups excluding carboxylic acids is 2. The van der Waals surface area contributed by atoms with Gasteiger partial charge in [0.25, 0.3) is 0 Å². The first kappa shape index (κ1) is 16.7. The first-order valence-corrected chi connectivity index (χ1v) is 6.78. The van der Waals surface area contributed by atoms with Gasteiger partial charge in [0, 0.05) is 0 Å². The molecule has 0 aliphatic rings. The van der Waals surface area contributed by atoms with Crippen molar-refractivity contribution in [3.63, 3.8) is 0 Å². The molecule has 0 radical (unpaired) electrons. The van der Waals surface area contributed by atoms with Gasteiger partial charge in [-0.3, -0.25) is 9.59 Å². The summed E-state index contributed by atoms with van der Waals surface area (Å²) in [4.78, 5) is 24.5. The van der Waals surface area contributed by atoms with Crippen LogP contribution in [0.25, 0.3) is 0 Å². The lowest BCUT2D eigenvalue weighted by atomic mass is 9.80. The Bertz CT molecular complexity index is 568. The lowest BCUT2D eigenvalue weighted by molar-refractivity contribution is -0.155. The molecule has 21 heavy (non-hydrogen) atoms. The SMILES string of the molecule is CCOC(=O)C(C(=O)Nc1ccccc1C#N)C(C)(C)C. The van der Waals surface area contributed by atoms with Gasteiger partial charge in [0.1, 0.15) is 12.0 Å². The summed E-state index contributed by atoms with van der Waals surface area (Å²) in [6.45, 7) is 7.30. The normalized spacial score (nSPS) is 12.1. The highest BCUT2D eigenvalue weighted by molar-refractivity contribution is 6.05. The van der Waals surface area contributed by atoms with Crippen molar-refractivity contribution in [2.75, 3.05) is 11.9 Å². The number of esters is 1. The van der Waals surface area contributed by atoms with E-state index in [-0.39, 0.29) is 6.61 Å². The van der Waals surface area contributed by atoms with Crippen LogP contribution in [0.5, 0.6) is 0 Å². The predicted octanol–water partition coefficient (Wildman–Crippen LogP) is 2.72. The Balaban J connectivity index is 3.02. The summed E-state index contributed by atoms with van der Waals surface area (Å²) in [6.07, 6.45) is 0. The number of nitriles is 1. The Morgan fingerprint density at radius 3 is 2.48 bits per heavy atom. The number of hydrogen-bond donors (Lipinski definition) is 1. The highest BCUT2D eigenvalue weighted by atomic mass is 16.5. The highest BCUT2D eigenvalue weighted by Crippen LogP contribution is 2.29. The fourth-order valence-electron chi connectivity index (χ4n) is 1.97. The molecule has 1 aromatic carbocycles. The average Bonchev–Trinajstić information content (AvgIpc) is 2.38. The lowest BCUT2D eigenvalue weighted by Gasteiger charge is -2.27. The molecule has 1 rings (SSSR count). The summed E-state index contributed by atoms with van der Waals surface area (Å²) in [5, 5.41) is 11.7. The molecule has 0 heterocycles. The summed E-state index contributed by atoms with van der Waals surface area (Å²) in [6, 6.07) is 8.66. The van der Waals surface area contributed by atoms with Crippen molar-refractivity contribution in [1.82, 2.24) is 0 Å². The third kappa shape index (κ3) is 4.32. The highest BCUT2D eigenvalue weighted by Gasteiger charge is 2.39. The molecule has 0 spiro atoms. The van der Waals surface area contributed by atoms with Crippen molar-refractivity contribution in [2.24, 2.45) is 11.3 Å². The van der Waals surface area contributed by atoms with Crippen LogP contribution in [0, 0.1) is 22.7 Å². The van der Waals surface area contributed by atoms with Gasteiger partial charge in [0.2, 0.25) is 5.91 Å². The maximum Gasteiger partial charge on any atom is 0.319 e. The predicted molar refractivity (Wildman–Crippen MR) is 79.4 cm³/mol. The van der Waals surface area contributed by atoms with Gasteiger partial charge in [-0.05, 0) is 24.5 Å². The fourth-order valence-corrected chi connectivity index (χ4v) is 1.97. The molecule has 0 saturated heterocycles. The second kappa shape index (κ2) is 6.89. The minimum absolute atomic E-state index is 0.216. The summed E-state index contributed by atoms with van der Waals surface area (Å²) in [7, 11) is 0. The molecular formula is C16H20N2O3. The van der Waals surface area contributed by atoms with Gasteiger partial charge in [0.15, 0.2) is 0 Å². The average molecular weight is 288 g/mol. The molecule has 0 aliphatic carbocycles. The molecule has 1 N–H and O–H groups in total. The second-order valence-corrected chi connectivity index (χ2v) is 5.70. The molecule has 0 aromatic heterocycles. The van der Waals surface area contributed by atoms with Crippen LogP contribution in [0.2, 0.25) is 0 Å². The van der Waals surface area contributed by atoms with Gasteiger partial charge in [-0.1, -0.05) is 32.9 Å². The largest absolute Gasteiger partial charge is 0.465 e. The van der Waals surface area contributed by atoms with E-state index in [4.69, 9.17) is 10.00 Å². The number of hydrogen-bond acceptors (Lipinski definition) is 4. The number of nitrogens with zero attached hydrogens (tertiary/aromatic N) is 1. The molecule has 5 heteroatoms. The molecule has 0 aliphatic heterocycles. The van der Waals surface area contributed by atoms with E-state index in [0.717, 1.165) is 0 Å². The van der Waals surface area contributed by atoms with Crippen LogP contribution < -0.4 is 5.32 Å². The van der Waals surface area contributed by atoms with Crippen molar-refractivity contribution in [3.8, 4) is 6.07 Å². The monoisotopic (exact) mass is 288 g/mol. The van der Waals surface area contributed by atoms with Crippen molar-refractivity contribution < 1.29 is 14.3 Å². The summed E-state index contributed by atoms with van der Waals surface area (Å²) >= 11 is 0. The number of nitrogens with one attached hydrogen (secondary N) is 1. The van der Waals surface area contributed by atoms with Gasteiger partial charge in [0.05, 0.1) is 17.9 Å². The van der Waals surface area contributed by atoms with Crippen LogP contribution in [-0.2, 0) is 14.3 Å². The van der Waals surface area contributed by atoms with Gasteiger partial charge in [-0.2, -0.15) is 5.26 Å². The van der Waals surface area contributed by atoms with E-state index in [2.05, 4.69) is 5.32 Å².